The largest absolute Gasteiger partial charge is 0.462 e. The summed E-state index contributed by atoms with van der Waals surface area (Å²) in [6.45, 7) is 6.64. The Balaban J connectivity index is 4.22. The summed E-state index contributed by atoms with van der Waals surface area (Å²) in [6.07, 6.45) is 84.7. The summed E-state index contributed by atoms with van der Waals surface area (Å²) < 4.78 is 17.0. The third-order valence-electron chi connectivity index (χ3n) is 16.1. The molecule has 464 valence electrons. The van der Waals surface area contributed by atoms with Crippen LogP contribution in [0.4, 0.5) is 0 Å². The number of unbranched alkanes of at least 4 members (excludes halogenated alkanes) is 49. The van der Waals surface area contributed by atoms with Crippen molar-refractivity contribution in [1.82, 2.24) is 0 Å². The molecule has 0 rings (SSSR count). The lowest BCUT2D eigenvalue weighted by Crippen LogP contribution is -2.30. The summed E-state index contributed by atoms with van der Waals surface area (Å²) >= 11 is 0. The molecule has 0 aromatic carbocycles. The van der Waals surface area contributed by atoms with E-state index in [2.05, 4.69) is 57.2 Å². The van der Waals surface area contributed by atoms with E-state index in [1.165, 1.54) is 270 Å². The molecule has 0 saturated heterocycles. The summed E-state index contributed by atoms with van der Waals surface area (Å²) in [5.41, 5.74) is 0. The van der Waals surface area contributed by atoms with Gasteiger partial charge in [-0.25, -0.2) is 0 Å². The zero-order valence-electron chi connectivity index (χ0n) is 53.4. The van der Waals surface area contributed by atoms with E-state index < -0.39 is 6.10 Å². The summed E-state index contributed by atoms with van der Waals surface area (Å²) in [5, 5.41) is 0. The second kappa shape index (κ2) is 68.1. The van der Waals surface area contributed by atoms with E-state index in [9.17, 15) is 14.4 Å². The third kappa shape index (κ3) is 66.3. The molecular formula is C73H136O6. The molecule has 1 unspecified atom stereocenters. The number of hydrogen-bond acceptors (Lipinski definition) is 6. The van der Waals surface area contributed by atoms with E-state index in [0.29, 0.717) is 19.3 Å². The van der Waals surface area contributed by atoms with Crippen LogP contribution in [0.1, 0.15) is 393 Å². The predicted molar refractivity (Wildman–Crippen MR) is 344 cm³/mol. The average molecular weight is 1110 g/mol. The Kier molecular flexibility index (Phi) is 66.1. The number of ether oxygens (including phenoxy) is 3. The van der Waals surface area contributed by atoms with Crippen LogP contribution in [0.5, 0.6) is 0 Å². The van der Waals surface area contributed by atoms with E-state index in [0.717, 1.165) is 83.5 Å². The molecule has 6 nitrogen and oxygen atoms in total. The average Bonchev–Trinajstić information content (AvgIpc) is 3.45. The lowest BCUT2D eigenvalue weighted by molar-refractivity contribution is -0.167. The molecule has 1 atom stereocenters. The molecular weight excluding hydrogens is 973 g/mol. The minimum atomic E-state index is -0.776. The van der Waals surface area contributed by atoms with Crippen molar-refractivity contribution >= 4 is 17.9 Å². The number of allylic oxidation sites excluding steroid dienone is 6. The van der Waals surface area contributed by atoms with E-state index in [1.807, 2.05) is 0 Å². The first-order valence-electron chi connectivity index (χ1n) is 35.5. The van der Waals surface area contributed by atoms with Crippen LogP contribution in [0.2, 0.25) is 0 Å². The van der Waals surface area contributed by atoms with Crippen molar-refractivity contribution in [2.75, 3.05) is 13.2 Å². The van der Waals surface area contributed by atoms with E-state index in [-0.39, 0.29) is 31.1 Å². The summed E-state index contributed by atoms with van der Waals surface area (Å²) in [4.78, 5) is 38.4. The predicted octanol–water partition coefficient (Wildman–Crippen LogP) is 24.3. The zero-order chi connectivity index (χ0) is 57.1. The number of carbonyl (C=O) groups is 3. The van der Waals surface area contributed by atoms with Crippen LogP contribution in [0.25, 0.3) is 0 Å². The highest BCUT2D eigenvalue weighted by Crippen LogP contribution is 2.19. The van der Waals surface area contributed by atoms with Gasteiger partial charge in [0.1, 0.15) is 13.2 Å². The smallest absolute Gasteiger partial charge is 0.306 e. The monoisotopic (exact) mass is 1110 g/mol. The molecule has 0 aliphatic carbocycles. The zero-order valence-corrected chi connectivity index (χ0v) is 53.4. The fourth-order valence-electron chi connectivity index (χ4n) is 10.8. The number of rotatable bonds is 66. The summed E-state index contributed by atoms with van der Waals surface area (Å²) in [7, 11) is 0. The van der Waals surface area contributed by atoms with E-state index in [1.54, 1.807) is 0 Å². The Labute approximate surface area is 493 Å². The maximum absolute atomic E-state index is 13.0. The summed E-state index contributed by atoms with van der Waals surface area (Å²) in [5.74, 6) is -0.858. The minimum absolute atomic E-state index is 0.0719. The van der Waals surface area contributed by atoms with Gasteiger partial charge in [-0.2, -0.15) is 0 Å². The molecule has 0 aromatic rings. The Morgan fingerprint density at radius 2 is 0.481 bits per heavy atom. The van der Waals surface area contributed by atoms with Crippen LogP contribution in [-0.2, 0) is 28.6 Å². The molecule has 0 spiro atoms. The highest BCUT2D eigenvalue weighted by Gasteiger charge is 2.19. The second-order valence-corrected chi connectivity index (χ2v) is 24.1. The Morgan fingerprint density at radius 3 is 0.759 bits per heavy atom. The van der Waals surface area contributed by atoms with Crippen molar-refractivity contribution in [2.45, 2.75) is 399 Å². The first-order valence-corrected chi connectivity index (χ1v) is 35.5. The van der Waals surface area contributed by atoms with Crippen LogP contribution in [0.3, 0.4) is 0 Å². The van der Waals surface area contributed by atoms with Crippen molar-refractivity contribution < 1.29 is 28.6 Å². The number of esters is 3. The quantitative estimate of drug-likeness (QED) is 0.0261. The van der Waals surface area contributed by atoms with Crippen molar-refractivity contribution in [3.8, 4) is 0 Å². The molecule has 0 aromatic heterocycles. The van der Waals surface area contributed by atoms with Gasteiger partial charge in [0.2, 0.25) is 0 Å². The molecule has 0 amide bonds. The van der Waals surface area contributed by atoms with Crippen LogP contribution >= 0.6 is 0 Å². The highest BCUT2D eigenvalue weighted by molar-refractivity contribution is 5.71. The van der Waals surface area contributed by atoms with Crippen molar-refractivity contribution in [3.63, 3.8) is 0 Å². The number of carbonyl (C=O) groups excluding carboxylic acids is 3. The van der Waals surface area contributed by atoms with Gasteiger partial charge in [-0.1, -0.05) is 340 Å². The molecule has 0 N–H and O–H groups in total. The minimum Gasteiger partial charge on any atom is -0.462 e. The van der Waals surface area contributed by atoms with E-state index in [4.69, 9.17) is 14.2 Å². The third-order valence-corrected chi connectivity index (χ3v) is 16.1. The van der Waals surface area contributed by atoms with Crippen LogP contribution in [-0.4, -0.2) is 37.2 Å². The van der Waals surface area contributed by atoms with Crippen molar-refractivity contribution in [1.29, 1.82) is 0 Å². The lowest BCUT2D eigenvalue weighted by atomic mass is 10.0. The van der Waals surface area contributed by atoms with Gasteiger partial charge < -0.3 is 14.2 Å². The molecule has 0 saturated carbocycles. The first kappa shape index (κ1) is 76.6. The fourth-order valence-corrected chi connectivity index (χ4v) is 10.8. The molecule has 0 aliphatic heterocycles. The fraction of sp³-hybridized carbons (Fsp3) is 0.877. The van der Waals surface area contributed by atoms with Gasteiger partial charge in [0.15, 0.2) is 6.10 Å². The van der Waals surface area contributed by atoms with Crippen molar-refractivity contribution in [2.24, 2.45) is 0 Å². The van der Waals surface area contributed by atoms with Gasteiger partial charge >= 0.3 is 17.9 Å². The molecule has 0 fully saturated rings. The Hall–Kier alpha value is -2.37. The SMILES string of the molecule is CCC/C=C\C/C=C\CCCCCCCC(=O)OCC(COC(=O)CCCCCCCCCCCCCCC/C=C\CCCCCCCCCC)OC(=O)CCCCCCCCCCCCCCCCCCCCCCCCC. The van der Waals surface area contributed by atoms with Gasteiger partial charge in [0.05, 0.1) is 0 Å². The van der Waals surface area contributed by atoms with Crippen LogP contribution in [0, 0.1) is 0 Å². The van der Waals surface area contributed by atoms with Gasteiger partial charge in [-0.05, 0) is 70.6 Å². The maximum Gasteiger partial charge on any atom is 0.306 e. The van der Waals surface area contributed by atoms with Crippen molar-refractivity contribution in [3.05, 3.63) is 36.5 Å². The highest BCUT2D eigenvalue weighted by atomic mass is 16.6. The molecule has 0 bridgehead atoms. The molecule has 6 heteroatoms. The van der Waals surface area contributed by atoms with Crippen LogP contribution < -0.4 is 0 Å². The van der Waals surface area contributed by atoms with Gasteiger partial charge in [-0.3, -0.25) is 14.4 Å². The number of hydrogen-bond donors (Lipinski definition) is 0. The summed E-state index contributed by atoms with van der Waals surface area (Å²) in [6, 6.07) is 0. The van der Waals surface area contributed by atoms with Gasteiger partial charge in [0.25, 0.3) is 0 Å². The Bertz CT molecular complexity index is 1320. The molecule has 0 heterocycles. The second-order valence-electron chi connectivity index (χ2n) is 24.1. The normalized spacial score (nSPS) is 12.2. The standard InChI is InChI=1S/C73H136O6/c1-4-7-10-13-16-19-22-25-27-29-31-33-35-36-38-39-41-43-45-48-51-54-57-60-63-66-72(75)78-69-70(68-77-71(74)65-62-59-56-53-50-47-24-21-18-15-12-9-6-3)79-73(76)67-64-61-58-55-52-49-46-44-42-40-37-34-32-30-28-26-23-20-17-14-11-8-5-2/h12,15,21,24,29,31,70H,4-11,13-14,16-20,22-23,25-28,30,32-69H2,1-3H3/b15-12-,24-21-,31-29-. The lowest BCUT2D eigenvalue weighted by Gasteiger charge is -2.18. The molecule has 0 aliphatic rings. The first-order chi connectivity index (χ1) is 39.0. The van der Waals surface area contributed by atoms with E-state index >= 15 is 0 Å². The topological polar surface area (TPSA) is 78.9 Å². The maximum atomic E-state index is 13.0. The molecule has 79 heavy (non-hydrogen) atoms. The molecule has 0 radical (unpaired) electrons. The van der Waals surface area contributed by atoms with Gasteiger partial charge in [-0.15, -0.1) is 0 Å². The Morgan fingerprint density at radius 1 is 0.253 bits per heavy atom. The van der Waals surface area contributed by atoms with Gasteiger partial charge in [0, 0.05) is 19.3 Å². The van der Waals surface area contributed by atoms with Crippen LogP contribution in [0.15, 0.2) is 36.5 Å².